The zero-order valence-electron chi connectivity index (χ0n) is 16.3. The maximum absolute atomic E-state index is 13.2. The van der Waals surface area contributed by atoms with Crippen molar-refractivity contribution in [3.05, 3.63) is 77.6 Å². The predicted molar refractivity (Wildman–Crippen MR) is 113 cm³/mol. The summed E-state index contributed by atoms with van der Waals surface area (Å²) in [6, 6.07) is 18.2. The Bertz CT molecular complexity index is 1040. The number of nitrogen functional groups attached to an aromatic ring is 1. The van der Waals surface area contributed by atoms with Crippen LogP contribution in [0.1, 0.15) is 40.9 Å². The van der Waals surface area contributed by atoms with E-state index in [1.165, 1.54) is 5.56 Å². The molecule has 0 radical (unpaired) electrons. The highest BCUT2D eigenvalue weighted by Gasteiger charge is 2.44. The van der Waals surface area contributed by atoms with Crippen molar-refractivity contribution in [3.8, 4) is 11.1 Å². The van der Waals surface area contributed by atoms with E-state index in [1.54, 1.807) is 0 Å². The third-order valence-corrected chi connectivity index (χ3v) is 6.36. The molecule has 1 spiro atoms. The van der Waals surface area contributed by atoms with Crippen LogP contribution in [-0.2, 0) is 11.8 Å². The first-order valence-electron chi connectivity index (χ1n) is 10.2. The molecule has 5 heteroatoms. The second-order valence-electron chi connectivity index (χ2n) is 8.16. The lowest BCUT2D eigenvalue weighted by Gasteiger charge is -2.40. The van der Waals surface area contributed by atoms with Gasteiger partial charge in [-0.25, -0.2) is 9.97 Å². The molecule has 146 valence electrons. The third-order valence-electron chi connectivity index (χ3n) is 6.36. The van der Waals surface area contributed by atoms with E-state index in [0.717, 1.165) is 54.6 Å². The molecule has 1 aliphatic carbocycles. The largest absolute Gasteiger partial charge is 0.368 e. The SMILES string of the molecule is Nc1ncc2c(n1)C1(CCCN(C(=O)c3ccc(-c4ccccc4)cc3)C1)CC2. The standard InChI is InChI=1S/C24H24N4O/c25-23-26-15-20-11-13-24(21(20)27-23)12-4-14-28(16-24)22(29)19-9-7-18(8-10-19)17-5-2-1-3-6-17/h1-3,5-10,15H,4,11-14,16H2,(H2,25,26,27). The summed E-state index contributed by atoms with van der Waals surface area (Å²) in [5.41, 5.74) is 11.0. The van der Waals surface area contributed by atoms with E-state index < -0.39 is 0 Å². The van der Waals surface area contributed by atoms with Crippen LogP contribution in [0.2, 0.25) is 0 Å². The molecule has 1 fully saturated rings. The van der Waals surface area contributed by atoms with Gasteiger partial charge in [0.25, 0.3) is 5.91 Å². The lowest BCUT2D eigenvalue weighted by atomic mass is 9.77. The molecule has 3 aromatic rings. The number of nitrogens with two attached hydrogens (primary N) is 1. The monoisotopic (exact) mass is 384 g/mol. The zero-order valence-corrected chi connectivity index (χ0v) is 16.3. The normalized spacial score (nSPS) is 20.6. The lowest BCUT2D eigenvalue weighted by Crippen LogP contribution is -2.48. The molecule has 2 N–H and O–H groups in total. The highest BCUT2D eigenvalue weighted by Crippen LogP contribution is 2.44. The zero-order chi connectivity index (χ0) is 19.8. The number of nitrogens with zero attached hydrogens (tertiary/aromatic N) is 3. The van der Waals surface area contributed by atoms with Gasteiger partial charge >= 0.3 is 0 Å². The number of amides is 1. The van der Waals surface area contributed by atoms with Crippen molar-refractivity contribution >= 4 is 11.9 Å². The van der Waals surface area contributed by atoms with E-state index in [0.29, 0.717) is 12.5 Å². The van der Waals surface area contributed by atoms with Gasteiger partial charge in [-0.05, 0) is 54.5 Å². The van der Waals surface area contributed by atoms with Gasteiger partial charge in [0.2, 0.25) is 5.95 Å². The van der Waals surface area contributed by atoms with Gasteiger partial charge in [0.1, 0.15) is 0 Å². The van der Waals surface area contributed by atoms with Crippen LogP contribution in [0.15, 0.2) is 60.8 Å². The van der Waals surface area contributed by atoms with Gasteiger partial charge in [-0.1, -0.05) is 42.5 Å². The Morgan fingerprint density at radius 3 is 2.55 bits per heavy atom. The molecule has 1 amide bonds. The summed E-state index contributed by atoms with van der Waals surface area (Å²) < 4.78 is 0. The van der Waals surface area contributed by atoms with Crippen LogP contribution < -0.4 is 5.73 Å². The number of anilines is 1. The number of piperidine rings is 1. The van der Waals surface area contributed by atoms with Crippen molar-refractivity contribution in [3.63, 3.8) is 0 Å². The summed E-state index contributed by atoms with van der Waals surface area (Å²) in [4.78, 5) is 24.0. The second-order valence-corrected chi connectivity index (χ2v) is 8.16. The van der Waals surface area contributed by atoms with Crippen LogP contribution >= 0.6 is 0 Å². The highest BCUT2D eigenvalue weighted by molar-refractivity contribution is 5.95. The van der Waals surface area contributed by atoms with Crippen molar-refractivity contribution in [2.75, 3.05) is 18.8 Å². The minimum absolute atomic E-state index is 0.0791. The predicted octanol–water partition coefficient (Wildman–Crippen LogP) is 3.85. The van der Waals surface area contributed by atoms with Crippen LogP contribution in [0.5, 0.6) is 0 Å². The average molecular weight is 384 g/mol. The van der Waals surface area contributed by atoms with Crippen molar-refractivity contribution in [2.45, 2.75) is 31.1 Å². The van der Waals surface area contributed by atoms with Gasteiger partial charge < -0.3 is 10.6 Å². The summed E-state index contributed by atoms with van der Waals surface area (Å²) in [5, 5.41) is 0. The summed E-state index contributed by atoms with van der Waals surface area (Å²) in [7, 11) is 0. The molecule has 1 aromatic heterocycles. The van der Waals surface area contributed by atoms with Gasteiger partial charge in [-0.3, -0.25) is 4.79 Å². The molecular formula is C24H24N4O. The molecule has 29 heavy (non-hydrogen) atoms. The Morgan fingerprint density at radius 2 is 1.76 bits per heavy atom. The number of likely N-dealkylation sites (tertiary alicyclic amines) is 1. The first kappa shape index (κ1) is 17.9. The Labute approximate surface area is 170 Å². The van der Waals surface area contributed by atoms with E-state index in [2.05, 4.69) is 22.1 Å². The molecule has 2 aromatic carbocycles. The maximum atomic E-state index is 13.2. The minimum Gasteiger partial charge on any atom is -0.368 e. The molecule has 2 aliphatic rings. The number of carbonyl (C=O) groups excluding carboxylic acids is 1. The number of carbonyl (C=O) groups is 1. The number of fused-ring (bicyclic) bond motifs is 2. The van der Waals surface area contributed by atoms with Gasteiger partial charge in [0.15, 0.2) is 0 Å². The van der Waals surface area contributed by atoms with E-state index in [4.69, 9.17) is 5.73 Å². The van der Waals surface area contributed by atoms with Gasteiger partial charge in [0, 0.05) is 30.3 Å². The van der Waals surface area contributed by atoms with Crippen LogP contribution in [0.4, 0.5) is 5.95 Å². The molecule has 1 atom stereocenters. The van der Waals surface area contributed by atoms with Crippen LogP contribution in [0.25, 0.3) is 11.1 Å². The molecule has 0 bridgehead atoms. The average Bonchev–Trinajstić information content (AvgIpc) is 3.11. The fourth-order valence-corrected chi connectivity index (χ4v) is 4.88. The topological polar surface area (TPSA) is 72.1 Å². The lowest BCUT2D eigenvalue weighted by molar-refractivity contribution is 0.0633. The molecule has 1 saturated heterocycles. The van der Waals surface area contributed by atoms with E-state index >= 15 is 0 Å². The van der Waals surface area contributed by atoms with E-state index in [1.807, 2.05) is 53.6 Å². The van der Waals surface area contributed by atoms with Crippen LogP contribution in [0.3, 0.4) is 0 Å². The smallest absolute Gasteiger partial charge is 0.253 e. The Hall–Kier alpha value is -3.21. The number of hydrogen-bond donors (Lipinski definition) is 1. The summed E-state index contributed by atoms with van der Waals surface area (Å²) >= 11 is 0. The molecule has 2 heterocycles. The molecule has 5 rings (SSSR count). The van der Waals surface area contributed by atoms with Gasteiger partial charge in [-0.15, -0.1) is 0 Å². The highest BCUT2D eigenvalue weighted by atomic mass is 16.2. The first-order valence-corrected chi connectivity index (χ1v) is 10.2. The summed E-state index contributed by atoms with van der Waals surface area (Å²) in [5.74, 6) is 0.421. The van der Waals surface area contributed by atoms with Crippen molar-refractivity contribution in [1.29, 1.82) is 0 Å². The van der Waals surface area contributed by atoms with Crippen molar-refractivity contribution in [2.24, 2.45) is 0 Å². The fourth-order valence-electron chi connectivity index (χ4n) is 4.88. The van der Waals surface area contributed by atoms with Crippen LogP contribution in [0, 0.1) is 0 Å². The Morgan fingerprint density at radius 1 is 1.00 bits per heavy atom. The van der Waals surface area contributed by atoms with Crippen molar-refractivity contribution < 1.29 is 4.79 Å². The molecule has 1 aliphatic heterocycles. The van der Waals surface area contributed by atoms with Gasteiger partial charge in [-0.2, -0.15) is 0 Å². The number of rotatable bonds is 2. The summed E-state index contributed by atoms with van der Waals surface area (Å²) in [6.45, 7) is 1.49. The number of aromatic nitrogens is 2. The number of aryl methyl sites for hydroxylation is 1. The van der Waals surface area contributed by atoms with Gasteiger partial charge in [0.05, 0.1) is 5.69 Å². The molecule has 1 unspecified atom stereocenters. The fraction of sp³-hybridized carbons (Fsp3) is 0.292. The third kappa shape index (κ3) is 3.16. The maximum Gasteiger partial charge on any atom is 0.253 e. The quantitative estimate of drug-likeness (QED) is 0.728. The van der Waals surface area contributed by atoms with Crippen molar-refractivity contribution in [1.82, 2.24) is 14.9 Å². The first-order chi connectivity index (χ1) is 14.1. The number of benzene rings is 2. The molecule has 0 saturated carbocycles. The Kier molecular flexibility index (Phi) is 4.31. The second kappa shape index (κ2) is 6.99. The summed E-state index contributed by atoms with van der Waals surface area (Å²) in [6.07, 6.45) is 5.86. The number of hydrogen-bond acceptors (Lipinski definition) is 4. The molecular weight excluding hydrogens is 360 g/mol. The van der Waals surface area contributed by atoms with E-state index in [-0.39, 0.29) is 11.3 Å². The minimum atomic E-state index is -0.0791. The van der Waals surface area contributed by atoms with E-state index in [9.17, 15) is 4.79 Å². The van der Waals surface area contributed by atoms with Crippen LogP contribution in [-0.4, -0.2) is 33.9 Å². The molecule has 5 nitrogen and oxygen atoms in total. The Balaban J connectivity index is 1.38.